The van der Waals surface area contributed by atoms with Crippen LogP contribution in [0.15, 0.2) is 30.3 Å². The molecule has 0 aromatic heterocycles. The molecule has 0 bridgehead atoms. The van der Waals surface area contributed by atoms with E-state index in [1.54, 1.807) is 30.3 Å². The summed E-state index contributed by atoms with van der Waals surface area (Å²) in [6, 6.07) is 8.47. The van der Waals surface area contributed by atoms with Crippen molar-refractivity contribution in [1.82, 2.24) is 0 Å². The van der Waals surface area contributed by atoms with Gasteiger partial charge in [0.2, 0.25) is 0 Å². The van der Waals surface area contributed by atoms with Crippen LogP contribution in [0, 0.1) is 0 Å². The van der Waals surface area contributed by atoms with Crippen molar-refractivity contribution < 1.29 is 14.7 Å². The quantitative estimate of drug-likeness (QED) is 0.573. The third kappa shape index (κ3) is 5.00. The Morgan fingerprint density at radius 1 is 1.28 bits per heavy atom. The second-order valence-electron chi connectivity index (χ2n) is 3.81. The van der Waals surface area contributed by atoms with Crippen LogP contribution >= 0.6 is 11.8 Å². The minimum Gasteiger partial charge on any atom is -0.384 e. The minimum atomic E-state index is -1.26. The average Bonchev–Trinajstić information content (AvgIpc) is 2.39. The molecule has 0 fully saturated rings. The molecule has 1 atom stereocenters. The lowest BCUT2D eigenvalue weighted by molar-refractivity contribution is -0.112. The Balaban J connectivity index is 2.43. The number of nitrogens with two attached hydrogens (primary N) is 1. The summed E-state index contributed by atoms with van der Waals surface area (Å²) in [6.07, 6.45) is -0.660. The van der Waals surface area contributed by atoms with Crippen LogP contribution in [-0.4, -0.2) is 34.4 Å². The van der Waals surface area contributed by atoms with E-state index in [2.05, 4.69) is 0 Å². The predicted molar refractivity (Wildman–Crippen MR) is 72.5 cm³/mol. The number of Topliss-reactive ketones (excluding diaryl/α,β-unsaturated/α-hetero) is 1. The summed E-state index contributed by atoms with van der Waals surface area (Å²) < 4.78 is 0. The van der Waals surface area contributed by atoms with Gasteiger partial charge in [0.1, 0.15) is 6.10 Å². The van der Waals surface area contributed by atoms with E-state index in [-0.39, 0.29) is 11.5 Å². The second-order valence-corrected chi connectivity index (χ2v) is 4.97. The number of carbonyl (C=O) groups excluding carboxylic acids is 2. The van der Waals surface area contributed by atoms with E-state index in [0.717, 1.165) is 18.2 Å². The van der Waals surface area contributed by atoms with Gasteiger partial charge in [0.15, 0.2) is 10.9 Å². The first-order valence-corrected chi connectivity index (χ1v) is 6.76. The van der Waals surface area contributed by atoms with E-state index in [1.165, 1.54) is 0 Å². The zero-order chi connectivity index (χ0) is 13.4. The molecule has 0 spiro atoms. The topological polar surface area (TPSA) is 80.4 Å². The van der Waals surface area contributed by atoms with Crippen LogP contribution in [-0.2, 0) is 4.79 Å². The zero-order valence-corrected chi connectivity index (χ0v) is 10.9. The standard InChI is InChI=1S/C13H17NO3S/c14-7-4-8-18-12(16)9-11(15)13(17)10-5-2-1-3-6-10/h1-3,5-6,11,15H,4,7-9,14H2. The first-order chi connectivity index (χ1) is 8.65. The molecule has 1 aromatic rings. The van der Waals surface area contributed by atoms with Gasteiger partial charge < -0.3 is 10.8 Å². The largest absolute Gasteiger partial charge is 0.384 e. The monoisotopic (exact) mass is 267 g/mol. The fourth-order valence-electron chi connectivity index (χ4n) is 1.37. The molecule has 1 rings (SSSR count). The molecule has 1 aromatic carbocycles. The fourth-order valence-corrected chi connectivity index (χ4v) is 2.19. The molecule has 0 radical (unpaired) electrons. The molecule has 0 heterocycles. The summed E-state index contributed by atoms with van der Waals surface area (Å²) in [7, 11) is 0. The SMILES string of the molecule is NCCCSC(=O)CC(O)C(=O)c1ccccc1. The Morgan fingerprint density at radius 2 is 1.94 bits per heavy atom. The van der Waals surface area contributed by atoms with Gasteiger partial charge >= 0.3 is 0 Å². The van der Waals surface area contributed by atoms with Crippen molar-refractivity contribution >= 4 is 22.7 Å². The van der Waals surface area contributed by atoms with E-state index in [4.69, 9.17) is 5.73 Å². The number of hydrogen-bond acceptors (Lipinski definition) is 5. The van der Waals surface area contributed by atoms with Crippen LogP contribution in [0.5, 0.6) is 0 Å². The van der Waals surface area contributed by atoms with E-state index >= 15 is 0 Å². The molecule has 0 saturated carbocycles. The van der Waals surface area contributed by atoms with Crippen molar-refractivity contribution in [2.45, 2.75) is 18.9 Å². The number of carbonyl (C=O) groups is 2. The third-order valence-corrected chi connectivity index (χ3v) is 3.31. The van der Waals surface area contributed by atoms with Crippen molar-refractivity contribution in [3.63, 3.8) is 0 Å². The average molecular weight is 267 g/mol. The molecule has 98 valence electrons. The van der Waals surface area contributed by atoms with Gasteiger partial charge in [0, 0.05) is 11.3 Å². The molecule has 0 aliphatic carbocycles. The summed E-state index contributed by atoms with van der Waals surface area (Å²) >= 11 is 1.11. The van der Waals surface area contributed by atoms with Gasteiger partial charge in [0.05, 0.1) is 6.42 Å². The Labute approximate surface area is 111 Å². The first kappa shape index (κ1) is 14.9. The Kier molecular flexibility index (Phi) is 6.64. The smallest absolute Gasteiger partial charge is 0.192 e. The maximum absolute atomic E-state index is 11.8. The first-order valence-electron chi connectivity index (χ1n) is 5.78. The number of aliphatic hydroxyl groups excluding tert-OH is 1. The minimum absolute atomic E-state index is 0.150. The van der Waals surface area contributed by atoms with Crippen LogP contribution in [0.1, 0.15) is 23.2 Å². The Bertz CT molecular complexity index is 394. The fraction of sp³-hybridized carbons (Fsp3) is 0.385. The van der Waals surface area contributed by atoms with Gasteiger partial charge in [0.25, 0.3) is 0 Å². The van der Waals surface area contributed by atoms with Gasteiger partial charge in [-0.05, 0) is 13.0 Å². The number of aliphatic hydroxyl groups is 1. The molecule has 0 amide bonds. The lowest BCUT2D eigenvalue weighted by Gasteiger charge is -2.08. The summed E-state index contributed by atoms with van der Waals surface area (Å²) in [4.78, 5) is 23.3. The van der Waals surface area contributed by atoms with E-state index in [1.807, 2.05) is 0 Å². The third-order valence-electron chi connectivity index (χ3n) is 2.33. The van der Waals surface area contributed by atoms with Crippen molar-refractivity contribution in [2.24, 2.45) is 5.73 Å². The van der Waals surface area contributed by atoms with Gasteiger partial charge in [-0.3, -0.25) is 9.59 Å². The van der Waals surface area contributed by atoms with Crippen LogP contribution in [0.2, 0.25) is 0 Å². The normalized spacial score (nSPS) is 12.1. The van der Waals surface area contributed by atoms with Crippen molar-refractivity contribution in [2.75, 3.05) is 12.3 Å². The van der Waals surface area contributed by atoms with Gasteiger partial charge in [-0.25, -0.2) is 0 Å². The van der Waals surface area contributed by atoms with Crippen LogP contribution in [0.3, 0.4) is 0 Å². The Hall–Kier alpha value is -1.17. The van der Waals surface area contributed by atoms with Crippen molar-refractivity contribution in [3.05, 3.63) is 35.9 Å². The number of hydrogen-bond donors (Lipinski definition) is 2. The number of rotatable bonds is 7. The summed E-state index contributed by atoms with van der Waals surface area (Å²) in [5.74, 6) is 0.213. The van der Waals surface area contributed by atoms with E-state index in [9.17, 15) is 14.7 Å². The summed E-state index contributed by atoms with van der Waals surface area (Å²) in [5, 5.41) is 9.51. The van der Waals surface area contributed by atoms with E-state index in [0.29, 0.717) is 17.9 Å². The highest BCUT2D eigenvalue weighted by atomic mass is 32.2. The molecular weight excluding hydrogens is 250 g/mol. The molecule has 18 heavy (non-hydrogen) atoms. The molecule has 3 N–H and O–H groups in total. The maximum atomic E-state index is 11.8. The number of thioether (sulfide) groups is 1. The lowest BCUT2D eigenvalue weighted by Crippen LogP contribution is -2.23. The zero-order valence-electron chi connectivity index (χ0n) is 10.0. The Morgan fingerprint density at radius 3 is 2.56 bits per heavy atom. The second kappa shape index (κ2) is 8.02. The molecule has 0 aliphatic heterocycles. The van der Waals surface area contributed by atoms with Crippen LogP contribution < -0.4 is 5.73 Å². The molecule has 4 nitrogen and oxygen atoms in total. The number of benzene rings is 1. The molecule has 0 saturated heterocycles. The van der Waals surface area contributed by atoms with Gasteiger partial charge in [-0.2, -0.15) is 0 Å². The van der Waals surface area contributed by atoms with Crippen LogP contribution in [0.25, 0.3) is 0 Å². The number of ketones is 1. The van der Waals surface area contributed by atoms with Gasteiger partial charge in [-0.15, -0.1) is 0 Å². The molecule has 1 unspecified atom stereocenters. The van der Waals surface area contributed by atoms with E-state index < -0.39 is 11.9 Å². The van der Waals surface area contributed by atoms with Crippen molar-refractivity contribution in [1.29, 1.82) is 0 Å². The summed E-state index contributed by atoms with van der Waals surface area (Å²) in [6.45, 7) is 0.534. The van der Waals surface area contributed by atoms with Crippen LogP contribution in [0.4, 0.5) is 0 Å². The lowest BCUT2D eigenvalue weighted by atomic mass is 10.0. The summed E-state index contributed by atoms with van der Waals surface area (Å²) in [5.41, 5.74) is 5.73. The predicted octanol–water partition coefficient (Wildman–Crippen LogP) is 1.23. The maximum Gasteiger partial charge on any atom is 0.192 e. The van der Waals surface area contributed by atoms with Crippen molar-refractivity contribution in [3.8, 4) is 0 Å². The highest BCUT2D eigenvalue weighted by Crippen LogP contribution is 2.12. The molecular formula is C13H17NO3S. The highest BCUT2D eigenvalue weighted by molar-refractivity contribution is 8.13. The molecule has 5 heteroatoms. The highest BCUT2D eigenvalue weighted by Gasteiger charge is 2.20. The molecule has 0 aliphatic rings. The van der Waals surface area contributed by atoms with Gasteiger partial charge in [-0.1, -0.05) is 42.1 Å².